The maximum absolute atomic E-state index is 12.4. The maximum atomic E-state index is 12.4. The van der Waals surface area contributed by atoms with E-state index < -0.39 is 22.5 Å². The van der Waals surface area contributed by atoms with Crippen LogP contribution < -0.4 is 14.8 Å². The van der Waals surface area contributed by atoms with Gasteiger partial charge in [-0.15, -0.1) is 0 Å². The van der Waals surface area contributed by atoms with Crippen molar-refractivity contribution in [2.75, 3.05) is 14.2 Å². The molecule has 136 valence electrons. The van der Waals surface area contributed by atoms with E-state index in [-0.39, 0.29) is 29.2 Å². The summed E-state index contributed by atoms with van der Waals surface area (Å²) in [5.74, 6) is -1.39. The Kier molecular flexibility index (Phi) is 5.74. The molecule has 2 rings (SSSR count). The third kappa shape index (κ3) is 4.07. The predicted molar refractivity (Wildman–Crippen MR) is 90.8 cm³/mol. The molecule has 0 atom stereocenters. The van der Waals surface area contributed by atoms with Crippen molar-refractivity contribution in [1.29, 1.82) is 0 Å². The number of carbonyl (C=O) groups excluding carboxylic acids is 1. The van der Waals surface area contributed by atoms with Crippen molar-refractivity contribution in [2.45, 2.75) is 6.54 Å². The van der Waals surface area contributed by atoms with Crippen LogP contribution in [0.1, 0.15) is 26.3 Å². The number of benzene rings is 2. The number of hydrogen-bond acceptors (Lipinski definition) is 6. The van der Waals surface area contributed by atoms with Crippen LogP contribution >= 0.6 is 0 Å². The molecule has 0 saturated carbocycles. The summed E-state index contributed by atoms with van der Waals surface area (Å²) in [5.41, 5.74) is 0.179. The van der Waals surface area contributed by atoms with Gasteiger partial charge >= 0.3 is 5.97 Å². The van der Waals surface area contributed by atoms with Crippen LogP contribution in [0.25, 0.3) is 0 Å². The molecule has 0 aliphatic carbocycles. The number of nitro benzene ring substituents is 1. The van der Waals surface area contributed by atoms with Crippen LogP contribution in [-0.4, -0.2) is 36.1 Å². The number of amides is 1. The van der Waals surface area contributed by atoms with E-state index in [4.69, 9.17) is 14.6 Å². The molecule has 0 aliphatic heterocycles. The van der Waals surface area contributed by atoms with Gasteiger partial charge in [0.25, 0.3) is 11.6 Å². The lowest BCUT2D eigenvalue weighted by Crippen LogP contribution is -2.24. The summed E-state index contributed by atoms with van der Waals surface area (Å²) in [7, 11) is 2.69. The molecule has 26 heavy (non-hydrogen) atoms. The lowest BCUT2D eigenvalue weighted by atomic mass is 10.1. The molecular weight excluding hydrogens is 344 g/mol. The molecule has 0 bridgehead atoms. The van der Waals surface area contributed by atoms with Gasteiger partial charge in [-0.25, -0.2) is 4.79 Å². The number of rotatable bonds is 7. The minimum atomic E-state index is -1.05. The average Bonchev–Trinajstić information content (AvgIpc) is 2.65. The monoisotopic (exact) mass is 360 g/mol. The Labute approximate surface area is 148 Å². The quantitative estimate of drug-likeness (QED) is 0.572. The van der Waals surface area contributed by atoms with Crippen LogP contribution in [-0.2, 0) is 6.54 Å². The highest BCUT2D eigenvalue weighted by Crippen LogP contribution is 2.34. The molecule has 2 aromatic carbocycles. The Balaban J connectivity index is 2.22. The fraction of sp³-hybridized carbons (Fsp3) is 0.176. The molecule has 0 aliphatic rings. The maximum Gasteiger partial charge on any atom is 0.335 e. The Bertz CT molecular complexity index is 847. The molecule has 9 heteroatoms. The van der Waals surface area contributed by atoms with Crippen LogP contribution in [0, 0.1) is 10.1 Å². The Hall–Kier alpha value is -3.62. The number of carboxylic acids is 1. The molecule has 0 spiro atoms. The molecule has 0 aromatic heterocycles. The second kappa shape index (κ2) is 7.97. The first kappa shape index (κ1) is 18.7. The highest BCUT2D eigenvalue weighted by Gasteiger charge is 2.24. The lowest BCUT2D eigenvalue weighted by Gasteiger charge is -2.11. The molecule has 0 radical (unpaired) electrons. The third-order valence-corrected chi connectivity index (χ3v) is 3.60. The fourth-order valence-electron chi connectivity index (χ4n) is 2.24. The van der Waals surface area contributed by atoms with E-state index in [9.17, 15) is 19.7 Å². The van der Waals surface area contributed by atoms with Crippen molar-refractivity contribution in [3.8, 4) is 11.5 Å². The van der Waals surface area contributed by atoms with Crippen molar-refractivity contribution in [3.05, 3.63) is 63.2 Å². The van der Waals surface area contributed by atoms with E-state index in [0.717, 1.165) is 6.07 Å². The molecule has 0 fully saturated rings. The minimum absolute atomic E-state index is 0.0736. The predicted octanol–water partition coefficient (Wildman–Crippen LogP) is 2.24. The van der Waals surface area contributed by atoms with Gasteiger partial charge in [0.15, 0.2) is 11.5 Å². The SMILES string of the molecule is COc1cc(C(=O)NCc2ccc(C(=O)O)cc2)c([N+](=O)[O-])cc1OC. The second-order valence-corrected chi connectivity index (χ2v) is 5.17. The standard InChI is InChI=1S/C17H16N2O7/c1-25-14-7-12(13(19(23)24)8-15(14)26-2)16(20)18-9-10-3-5-11(6-4-10)17(21)22/h3-8H,9H2,1-2H3,(H,18,20)(H,21,22). The Morgan fingerprint density at radius 2 is 1.69 bits per heavy atom. The summed E-state index contributed by atoms with van der Waals surface area (Å²) in [4.78, 5) is 33.8. The molecule has 2 N–H and O–H groups in total. The van der Waals surface area contributed by atoms with Crippen LogP contribution in [0.15, 0.2) is 36.4 Å². The lowest BCUT2D eigenvalue weighted by molar-refractivity contribution is -0.385. The van der Waals surface area contributed by atoms with Gasteiger partial charge in [-0.05, 0) is 17.7 Å². The number of nitrogens with zero attached hydrogens (tertiary/aromatic N) is 1. The Morgan fingerprint density at radius 3 is 2.19 bits per heavy atom. The van der Waals surface area contributed by atoms with Gasteiger partial charge in [-0.2, -0.15) is 0 Å². The highest BCUT2D eigenvalue weighted by atomic mass is 16.6. The van der Waals surface area contributed by atoms with Gasteiger partial charge in [0.2, 0.25) is 0 Å². The van der Waals surface area contributed by atoms with Crippen molar-refractivity contribution >= 4 is 17.6 Å². The van der Waals surface area contributed by atoms with Crippen molar-refractivity contribution in [2.24, 2.45) is 0 Å². The zero-order valence-electron chi connectivity index (χ0n) is 14.0. The summed E-state index contributed by atoms with van der Waals surface area (Å²) in [6, 6.07) is 8.26. The number of ether oxygens (including phenoxy) is 2. The largest absolute Gasteiger partial charge is 0.493 e. The summed E-state index contributed by atoms with van der Waals surface area (Å²) >= 11 is 0. The highest BCUT2D eigenvalue weighted by molar-refractivity contribution is 5.99. The minimum Gasteiger partial charge on any atom is -0.493 e. The molecule has 1 amide bonds. The van der Waals surface area contributed by atoms with Crippen LogP contribution in [0.5, 0.6) is 11.5 Å². The van der Waals surface area contributed by atoms with Gasteiger partial charge in [-0.1, -0.05) is 12.1 Å². The van der Waals surface area contributed by atoms with E-state index >= 15 is 0 Å². The van der Waals surface area contributed by atoms with Crippen LogP contribution in [0.4, 0.5) is 5.69 Å². The van der Waals surface area contributed by atoms with Crippen molar-refractivity contribution < 1.29 is 29.1 Å². The molecule has 0 unspecified atom stereocenters. The number of nitrogens with one attached hydrogen (secondary N) is 1. The van der Waals surface area contributed by atoms with Gasteiger partial charge in [0, 0.05) is 12.6 Å². The van der Waals surface area contributed by atoms with Gasteiger partial charge < -0.3 is 19.9 Å². The summed E-state index contributed by atoms with van der Waals surface area (Å²) in [6.45, 7) is 0.0736. The number of nitro groups is 1. The van der Waals surface area contributed by atoms with E-state index in [1.54, 1.807) is 12.1 Å². The van der Waals surface area contributed by atoms with E-state index in [0.29, 0.717) is 5.56 Å². The fourth-order valence-corrected chi connectivity index (χ4v) is 2.24. The van der Waals surface area contributed by atoms with E-state index in [2.05, 4.69) is 5.32 Å². The summed E-state index contributed by atoms with van der Waals surface area (Å²) in [6.07, 6.45) is 0. The first-order valence-electron chi connectivity index (χ1n) is 7.38. The Morgan fingerprint density at radius 1 is 1.12 bits per heavy atom. The number of carboxylic acid groups (broad SMARTS) is 1. The van der Waals surface area contributed by atoms with Crippen molar-refractivity contribution in [3.63, 3.8) is 0 Å². The van der Waals surface area contributed by atoms with E-state index in [1.165, 1.54) is 32.4 Å². The first-order valence-corrected chi connectivity index (χ1v) is 7.38. The summed E-state index contributed by atoms with van der Waals surface area (Å²) < 4.78 is 10.1. The molecular formula is C17H16N2O7. The van der Waals surface area contributed by atoms with Crippen LogP contribution in [0.2, 0.25) is 0 Å². The second-order valence-electron chi connectivity index (χ2n) is 5.17. The van der Waals surface area contributed by atoms with E-state index in [1.807, 2.05) is 0 Å². The molecule has 0 saturated heterocycles. The van der Waals surface area contributed by atoms with Gasteiger partial charge in [-0.3, -0.25) is 14.9 Å². The number of aromatic carboxylic acids is 1. The topological polar surface area (TPSA) is 128 Å². The van der Waals surface area contributed by atoms with Gasteiger partial charge in [0.05, 0.1) is 30.8 Å². The number of hydrogen-bond donors (Lipinski definition) is 2. The smallest absolute Gasteiger partial charge is 0.335 e. The number of carbonyl (C=O) groups is 2. The molecule has 0 heterocycles. The molecule has 9 nitrogen and oxygen atoms in total. The summed E-state index contributed by atoms with van der Waals surface area (Å²) in [5, 5.41) is 22.7. The third-order valence-electron chi connectivity index (χ3n) is 3.60. The van der Waals surface area contributed by atoms with Crippen LogP contribution in [0.3, 0.4) is 0 Å². The van der Waals surface area contributed by atoms with Gasteiger partial charge in [0.1, 0.15) is 5.56 Å². The van der Waals surface area contributed by atoms with Crippen molar-refractivity contribution in [1.82, 2.24) is 5.32 Å². The average molecular weight is 360 g/mol. The normalized spacial score (nSPS) is 10.1. The zero-order chi connectivity index (χ0) is 19.3. The molecule has 2 aromatic rings. The zero-order valence-corrected chi connectivity index (χ0v) is 14.0. The number of methoxy groups -OCH3 is 2. The first-order chi connectivity index (χ1) is 12.4.